The van der Waals surface area contributed by atoms with Gasteiger partial charge in [-0.05, 0) is 19.4 Å². The van der Waals surface area contributed by atoms with Crippen LogP contribution in [0.3, 0.4) is 0 Å². The quantitative estimate of drug-likeness (QED) is 0.397. The largest absolute Gasteiger partial charge is 0.396 e. The molecule has 3 atom stereocenters. The van der Waals surface area contributed by atoms with Gasteiger partial charge < -0.3 is 20.6 Å². The topological polar surface area (TPSA) is 89.8 Å². The van der Waals surface area contributed by atoms with E-state index in [-0.39, 0.29) is 13.2 Å². The van der Waals surface area contributed by atoms with Gasteiger partial charge in [-0.3, -0.25) is 4.79 Å². The summed E-state index contributed by atoms with van der Waals surface area (Å²) in [6.07, 6.45) is 0.0366. The summed E-state index contributed by atoms with van der Waals surface area (Å²) in [4.78, 5) is 11.6. The molecule has 0 unspecified atom stereocenters. The lowest BCUT2D eigenvalue weighted by Gasteiger charge is -2.21. The molecule has 4 N–H and O–H groups in total. The Hall–Kier alpha value is -0.490. The zero-order valence-corrected chi connectivity index (χ0v) is 10.7. The Kier molecular flexibility index (Phi) is 9.26. The highest BCUT2D eigenvalue weighted by Gasteiger charge is 2.28. The molecule has 0 aliphatic heterocycles. The molecule has 0 fully saturated rings. The number of nitrogens with one attached hydrogen (secondary N) is 1. The summed E-state index contributed by atoms with van der Waals surface area (Å²) in [7, 11) is 0. The van der Waals surface area contributed by atoms with Gasteiger partial charge in [0, 0.05) is 19.1 Å². The predicted octanol–water partition coefficient (Wildman–Crippen LogP) is -0.314. The van der Waals surface area contributed by atoms with Crippen molar-refractivity contribution >= 4 is 5.78 Å². The maximum Gasteiger partial charge on any atom is 0.191 e. The predicted molar refractivity (Wildman–Crippen MR) is 65.7 cm³/mol. The minimum Gasteiger partial charge on any atom is -0.396 e. The monoisotopic (exact) mass is 247 g/mol. The molecule has 17 heavy (non-hydrogen) atoms. The number of ketones is 1. The van der Waals surface area contributed by atoms with Gasteiger partial charge >= 0.3 is 0 Å². The average molecular weight is 247 g/mol. The summed E-state index contributed by atoms with van der Waals surface area (Å²) < 4.78 is 0. The molecule has 5 heteroatoms. The maximum absolute atomic E-state index is 11.6. The van der Waals surface area contributed by atoms with Crippen molar-refractivity contribution in [3.8, 4) is 0 Å². The van der Waals surface area contributed by atoms with Crippen molar-refractivity contribution in [3.05, 3.63) is 0 Å². The van der Waals surface area contributed by atoms with Gasteiger partial charge in [0.2, 0.25) is 0 Å². The lowest BCUT2D eigenvalue weighted by molar-refractivity contribution is -0.139. The molecule has 0 aromatic carbocycles. The Labute approximate surface area is 103 Å². The van der Waals surface area contributed by atoms with Gasteiger partial charge in [-0.25, -0.2) is 0 Å². The molecule has 0 aromatic heterocycles. The highest BCUT2D eigenvalue weighted by atomic mass is 16.3. The Balaban J connectivity index is 4.01. The van der Waals surface area contributed by atoms with Crippen LogP contribution >= 0.6 is 0 Å². The lowest BCUT2D eigenvalue weighted by Crippen LogP contribution is -2.43. The maximum atomic E-state index is 11.6. The number of hydrogen-bond acceptors (Lipinski definition) is 5. The minimum atomic E-state index is -1.28. The van der Waals surface area contributed by atoms with Gasteiger partial charge in [-0.2, -0.15) is 0 Å². The molecule has 0 rings (SSSR count). The first-order chi connectivity index (χ1) is 8.08. The molecule has 0 saturated carbocycles. The zero-order valence-electron chi connectivity index (χ0n) is 10.7. The summed E-state index contributed by atoms with van der Waals surface area (Å²) in [5.74, 6) is -1.11. The van der Waals surface area contributed by atoms with E-state index in [9.17, 15) is 15.0 Å². The Bertz CT molecular complexity index is 207. The van der Waals surface area contributed by atoms with Crippen LogP contribution < -0.4 is 5.32 Å². The number of carbonyl (C=O) groups excluding carboxylic acids is 1. The third-order valence-corrected chi connectivity index (χ3v) is 2.87. The molecule has 102 valence electrons. The third-order valence-electron chi connectivity index (χ3n) is 2.87. The first-order valence-electron chi connectivity index (χ1n) is 6.29. The Morgan fingerprint density at radius 2 is 1.94 bits per heavy atom. The van der Waals surface area contributed by atoms with Crippen LogP contribution in [-0.4, -0.2) is 53.0 Å². The van der Waals surface area contributed by atoms with E-state index in [4.69, 9.17) is 5.11 Å². The van der Waals surface area contributed by atoms with Gasteiger partial charge in [-0.15, -0.1) is 0 Å². The molecular formula is C12H25NO4. The van der Waals surface area contributed by atoms with Gasteiger partial charge in [0.25, 0.3) is 0 Å². The second-order valence-corrected chi connectivity index (χ2v) is 4.27. The standard InChI is InChI=1S/C12H25NO4/c1-3-5-6-13-7-10(15)12(17)11(16)9(4-2)8-14/h9-11,13-16H,3-8H2,1-2H3/t9-,10+,11-/m1/s1. The van der Waals surface area contributed by atoms with Gasteiger partial charge in [-0.1, -0.05) is 20.3 Å². The molecule has 0 aromatic rings. The molecule has 0 saturated heterocycles. The Morgan fingerprint density at radius 3 is 2.41 bits per heavy atom. The van der Waals surface area contributed by atoms with Crippen molar-refractivity contribution in [2.75, 3.05) is 19.7 Å². The van der Waals surface area contributed by atoms with Gasteiger partial charge in [0.1, 0.15) is 12.2 Å². The van der Waals surface area contributed by atoms with Crippen molar-refractivity contribution in [2.45, 2.75) is 45.3 Å². The fourth-order valence-electron chi connectivity index (χ4n) is 1.52. The summed E-state index contributed by atoms with van der Waals surface area (Å²) in [6, 6.07) is 0. The number of aliphatic hydroxyl groups excluding tert-OH is 3. The van der Waals surface area contributed by atoms with E-state index in [1.807, 2.05) is 0 Å². The number of hydrogen-bond donors (Lipinski definition) is 4. The second-order valence-electron chi connectivity index (χ2n) is 4.27. The molecule has 0 amide bonds. The Morgan fingerprint density at radius 1 is 1.29 bits per heavy atom. The second kappa shape index (κ2) is 9.53. The van der Waals surface area contributed by atoms with Crippen molar-refractivity contribution in [1.82, 2.24) is 5.32 Å². The molecule has 0 aliphatic carbocycles. The number of Topliss-reactive ketones (excluding diaryl/α,β-unsaturated/α-hetero) is 1. The van der Waals surface area contributed by atoms with Crippen molar-refractivity contribution in [3.63, 3.8) is 0 Å². The minimum absolute atomic E-state index is 0.151. The smallest absolute Gasteiger partial charge is 0.191 e. The first kappa shape index (κ1) is 16.5. The van der Waals surface area contributed by atoms with Crippen LogP contribution in [0.15, 0.2) is 0 Å². The van der Waals surface area contributed by atoms with Crippen LogP contribution in [0.4, 0.5) is 0 Å². The molecule has 0 bridgehead atoms. The highest BCUT2D eigenvalue weighted by Crippen LogP contribution is 2.10. The van der Waals surface area contributed by atoms with E-state index >= 15 is 0 Å². The highest BCUT2D eigenvalue weighted by molar-refractivity contribution is 5.87. The number of unbranched alkanes of at least 4 members (excludes halogenated alkanes) is 1. The van der Waals surface area contributed by atoms with Crippen LogP contribution in [0.1, 0.15) is 33.1 Å². The average Bonchev–Trinajstić information content (AvgIpc) is 2.34. The van der Waals surface area contributed by atoms with E-state index < -0.39 is 23.9 Å². The fraction of sp³-hybridized carbons (Fsp3) is 0.917. The molecular weight excluding hydrogens is 222 g/mol. The van der Waals surface area contributed by atoms with E-state index in [2.05, 4.69) is 12.2 Å². The first-order valence-corrected chi connectivity index (χ1v) is 6.29. The third kappa shape index (κ3) is 6.12. The van der Waals surface area contributed by atoms with Crippen molar-refractivity contribution < 1.29 is 20.1 Å². The molecule has 0 aliphatic rings. The van der Waals surface area contributed by atoms with Crippen LogP contribution in [0.5, 0.6) is 0 Å². The van der Waals surface area contributed by atoms with E-state index in [1.54, 1.807) is 6.92 Å². The molecule has 5 nitrogen and oxygen atoms in total. The van der Waals surface area contributed by atoms with Gasteiger partial charge in [0.05, 0.1) is 0 Å². The van der Waals surface area contributed by atoms with Gasteiger partial charge in [0.15, 0.2) is 5.78 Å². The summed E-state index contributed by atoms with van der Waals surface area (Å²) in [6.45, 7) is 4.48. The zero-order chi connectivity index (χ0) is 13.3. The molecule has 0 radical (unpaired) electrons. The summed E-state index contributed by atoms with van der Waals surface area (Å²) >= 11 is 0. The van der Waals surface area contributed by atoms with Crippen molar-refractivity contribution in [2.24, 2.45) is 5.92 Å². The van der Waals surface area contributed by atoms with Crippen LogP contribution in [-0.2, 0) is 4.79 Å². The van der Waals surface area contributed by atoms with Crippen LogP contribution in [0, 0.1) is 5.92 Å². The van der Waals surface area contributed by atoms with Crippen LogP contribution in [0.2, 0.25) is 0 Å². The van der Waals surface area contributed by atoms with Crippen LogP contribution in [0.25, 0.3) is 0 Å². The summed E-state index contributed by atoms with van der Waals surface area (Å²) in [5, 5.41) is 31.1. The van der Waals surface area contributed by atoms with E-state index in [0.29, 0.717) is 6.42 Å². The van der Waals surface area contributed by atoms with E-state index in [1.165, 1.54) is 0 Å². The normalized spacial score (nSPS) is 16.5. The SMILES string of the molecule is CCCCNC[C@H](O)C(=O)[C@H](O)[C@H](CC)CO. The fourth-order valence-corrected chi connectivity index (χ4v) is 1.52. The van der Waals surface area contributed by atoms with E-state index in [0.717, 1.165) is 19.4 Å². The lowest BCUT2D eigenvalue weighted by atomic mass is 9.94. The molecule has 0 spiro atoms. The number of aliphatic hydroxyl groups is 3. The number of rotatable bonds is 10. The number of carbonyl (C=O) groups is 1. The van der Waals surface area contributed by atoms with Crippen molar-refractivity contribution in [1.29, 1.82) is 0 Å². The summed E-state index contributed by atoms with van der Waals surface area (Å²) in [5.41, 5.74) is 0. The molecule has 0 heterocycles.